The molecule has 6 heteroatoms. The van der Waals surface area contributed by atoms with Crippen molar-refractivity contribution in [3.05, 3.63) is 78.5 Å². The van der Waals surface area contributed by atoms with Crippen LogP contribution in [0.2, 0.25) is 0 Å². The van der Waals surface area contributed by atoms with Crippen molar-refractivity contribution < 1.29 is 17.9 Å². The first-order valence-electron chi connectivity index (χ1n) is 8.54. The lowest BCUT2D eigenvalue weighted by Crippen LogP contribution is -2.04. The second-order valence-corrected chi connectivity index (χ2v) is 6.26. The Bertz CT molecular complexity index is 1120. The fourth-order valence-electron chi connectivity index (χ4n) is 3.15. The molecule has 0 fully saturated rings. The maximum atomic E-state index is 12.8. The molecule has 0 aliphatic heterocycles. The number of alkyl halides is 3. The molecule has 0 radical (unpaired) electrons. The molecule has 0 spiro atoms. The van der Waals surface area contributed by atoms with Gasteiger partial charge in [-0.2, -0.15) is 18.3 Å². The van der Waals surface area contributed by atoms with Crippen LogP contribution in [0.4, 0.5) is 13.2 Å². The molecule has 0 saturated carbocycles. The zero-order valence-electron chi connectivity index (χ0n) is 14.9. The highest BCUT2D eigenvalue weighted by Gasteiger charge is 2.30. The Morgan fingerprint density at radius 2 is 1.43 bits per heavy atom. The lowest BCUT2D eigenvalue weighted by Gasteiger charge is -2.11. The van der Waals surface area contributed by atoms with Crippen molar-refractivity contribution in [2.24, 2.45) is 0 Å². The number of fused-ring (bicyclic) bond motifs is 1. The van der Waals surface area contributed by atoms with E-state index < -0.39 is 11.7 Å². The van der Waals surface area contributed by atoms with Gasteiger partial charge in [0, 0.05) is 16.5 Å². The molecular formula is C22H15F3N2O. The van der Waals surface area contributed by atoms with Gasteiger partial charge in [0.1, 0.15) is 11.3 Å². The molecule has 1 heterocycles. The van der Waals surface area contributed by atoms with Crippen molar-refractivity contribution >= 4 is 10.9 Å². The highest BCUT2D eigenvalue weighted by Crippen LogP contribution is 2.35. The fourth-order valence-corrected chi connectivity index (χ4v) is 3.15. The molecule has 140 valence electrons. The number of rotatable bonds is 3. The molecule has 0 aliphatic rings. The van der Waals surface area contributed by atoms with E-state index in [0.29, 0.717) is 11.1 Å². The van der Waals surface area contributed by atoms with E-state index in [0.717, 1.165) is 40.0 Å². The van der Waals surface area contributed by atoms with Crippen LogP contribution in [0.1, 0.15) is 5.56 Å². The predicted molar refractivity (Wildman–Crippen MR) is 102 cm³/mol. The molecular weight excluding hydrogens is 365 g/mol. The average molecular weight is 380 g/mol. The highest BCUT2D eigenvalue weighted by atomic mass is 19.4. The van der Waals surface area contributed by atoms with E-state index in [4.69, 9.17) is 4.74 Å². The molecule has 3 nitrogen and oxygen atoms in total. The summed E-state index contributed by atoms with van der Waals surface area (Å²) in [6.07, 6.45) is -2.68. The first kappa shape index (κ1) is 18.0. The van der Waals surface area contributed by atoms with Crippen LogP contribution in [0.3, 0.4) is 0 Å². The van der Waals surface area contributed by atoms with Crippen molar-refractivity contribution in [3.63, 3.8) is 0 Å². The summed E-state index contributed by atoms with van der Waals surface area (Å²) in [7, 11) is 1.61. The zero-order chi connectivity index (χ0) is 19.7. The van der Waals surface area contributed by atoms with Crippen LogP contribution in [0.15, 0.2) is 72.9 Å². The van der Waals surface area contributed by atoms with Gasteiger partial charge in [-0.15, -0.1) is 5.10 Å². The van der Waals surface area contributed by atoms with Gasteiger partial charge >= 0.3 is 6.18 Å². The monoisotopic (exact) mass is 380 g/mol. The van der Waals surface area contributed by atoms with E-state index in [2.05, 4.69) is 10.2 Å². The third kappa shape index (κ3) is 3.29. The Morgan fingerprint density at radius 1 is 0.786 bits per heavy atom. The number of hydrogen-bond donors (Lipinski definition) is 0. The van der Waals surface area contributed by atoms with Gasteiger partial charge in [0.25, 0.3) is 0 Å². The van der Waals surface area contributed by atoms with E-state index in [1.165, 1.54) is 12.1 Å². The SMILES string of the molecule is COc1ccc(-c2cnnc3c(-c4ccc(C(F)(F)F)cc4)cccc23)cc1. The third-order valence-electron chi connectivity index (χ3n) is 4.60. The standard InChI is InChI=1S/C22H15F3N2O/c1-28-17-11-7-15(8-12-17)20-13-26-27-21-18(3-2-4-19(20)21)14-5-9-16(10-6-14)22(23,24)25/h2-13H,1H3. The van der Waals surface area contributed by atoms with Gasteiger partial charge in [-0.25, -0.2) is 0 Å². The van der Waals surface area contributed by atoms with E-state index in [1.54, 1.807) is 13.3 Å². The van der Waals surface area contributed by atoms with Gasteiger partial charge < -0.3 is 4.74 Å². The van der Waals surface area contributed by atoms with Gasteiger partial charge in [0.2, 0.25) is 0 Å². The topological polar surface area (TPSA) is 35.0 Å². The molecule has 4 rings (SSSR count). The van der Waals surface area contributed by atoms with Crippen molar-refractivity contribution in [1.82, 2.24) is 10.2 Å². The number of ether oxygens (including phenoxy) is 1. The molecule has 0 N–H and O–H groups in total. The van der Waals surface area contributed by atoms with Crippen molar-refractivity contribution in [3.8, 4) is 28.0 Å². The molecule has 0 unspecified atom stereocenters. The summed E-state index contributed by atoms with van der Waals surface area (Å²) in [5.74, 6) is 0.750. The summed E-state index contributed by atoms with van der Waals surface area (Å²) in [6, 6.07) is 18.3. The minimum absolute atomic E-state index is 0.635. The largest absolute Gasteiger partial charge is 0.497 e. The quantitative estimate of drug-likeness (QED) is 0.438. The van der Waals surface area contributed by atoms with Gasteiger partial charge in [-0.1, -0.05) is 42.5 Å². The third-order valence-corrected chi connectivity index (χ3v) is 4.60. The minimum atomic E-state index is -4.36. The van der Waals surface area contributed by atoms with E-state index in [9.17, 15) is 13.2 Å². The lowest BCUT2D eigenvalue weighted by molar-refractivity contribution is -0.137. The summed E-state index contributed by atoms with van der Waals surface area (Å²) in [4.78, 5) is 0. The molecule has 0 atom stereocenters. The molecule has 0 saturated heterocycles. The van der Waals surface area contributed by atoms with E-state index >= 15 is 0 Å². The Kier molecular flexibility index (Phi) is 4.47. The van der Waals surface area contributed by atoms with Crippen LogP contribution in [-0.4, -0.2) is 17.3 Å². The van der Waals surface area contributed by atoms with E-state index in [-0.39, 0.29) is 0 Å². The number of aromatic nitrogens is 2. The van der Waals surface area contributed by atoms with Crippen molar-refractivity contribution in [1.29, 1.82) is 0 Å². The fraction of sp³-hybridized carbons (Fsp3) is 0.0909. The lowest BCUT2D eigenvalue weighted by atomic mass is 9.97. The maximum Gasteiger partial charge on any atom is 0.416 e. The predicted octanol–water partition coefficient (Wildman–Crippen LogP) is 5.99. The van der Waals surface area contributed by atoms with Crippen molar-refractivity contribution in [2.75, 3.05) is 7.11 Å². The van der Waals surface area contributed by atoms with Crippen LogP contribution in [-0.2, 0) is 6.18 Å². The zero-order valence-corrected chi connectivity index (χ0v) is 14.9. The second kappa shape index (κ2) is 6.96. The second-order valence-electron chi connectivity index (χ2n) is 6.26. The van der Waals surface area contributed by atoms with Gasteiger partial charge in [0.15, 0.2) is 0 Å². The van der Waals surface area contributed by atoms with Gasteiger partial charge in [-0.3, -0.25) is 0 Å². The number of benzene rings is 3. The smallest absolute Gasteiger partial charge is 0.416 e. The van der Waals surface area contributed by atoms with Gasteiger partial charge in [-0.05, 0) is 35.4 Å². The number of nitrogens with zero attached hydrogens (tertiary/aromatic N) is 2. The normalized spacial score (nSPS) is 11.6. The summed E-state index contributed by atoms with van der Waals surface area (Å²) >= 11 is 0. The Hall–Kier alpha value is -3.41. The molecule has 3 aromatic carbocycles. The Morgan fingerprint density at radius 3 is 2.07 bits per heavy atom. The molecule has 28 heavy (non-hydrogen) atoms. The first-order chi connectivity index (χ1) is 13.5. The highest BCUT2D eigenvalue weighted by molar-refractivity contribution is 6.01. The maximum absolute atomic E-state index is 12.8. The molecule has 0 amide bonds. The van der Waals surface area contributed by atoms with Crippen LogP contribution in [0.5, 0.6) is 5.75 Å². The van der Waals surface area contributed by atoms with Gasteiger partial charge in [0.05, 0.1) is 18.9 Å². The number of halogens is 3. The summed E-state index contributed by atoms with van der Waals surface area (Å²) < 4.78 is 43.7. The summed E-state index contributed by atoms with van der Waals surface area (Å²) in [5, 5.41) is 9.24. The van der Waals surface area contributed by atoms with Crippen LogP contribution < -0.4 is 4.74 Å². The average Bonchev–Trinajstić information content (AvgIpc) is 2.72. The summed E-state index contributed by atoms with van der Waals surface area (Å²) in [6.45, 7) is 0. The molecule has 0 bridgehead atoms. The minimum Gasteiger partial charge on any atom is -0.497 e. The number of methoxy groups -OCH3 is 1. The first-order valence-corrected chi connectivity index (χ1v) is 8.54. The number of hydrogen-bond acceptors (Lipinski definition) is 3. The van der Waals surface area contributed by atoms with Crippen molar-refractivity contribution in [2.45, 2.75) is 6.18 Å². The molecule has 4 aromatic rings. The van der Waals surface area contributed by atoms with Crippen LogP contribution in [0, 0.1) is 0 Å². The van der Waals surface area contributed by atoms with Crippen LogP contribution in [0.25, 0.3) is 33.2 Å². The summed E-state index contributed by atoms with van der Waals surface area (Å²) in [5.41, 5.74) is 3.18. The molecule has 1 aromatic heterocycles. The molecule has 0 aliphatic carbocycles. The van der Waals surface area contributed by atoms with E-state index in [1.807, 2.05) is 42.5 Å². The van der Waals surface area contributed by atoms with Crippen LogP contribution >= 0.6 is 0 Å². The Balaban J connectivity index is 1.83. The Labute approximate surface area is 159 Å².